The summed E-state index contributed by atoms with van der Waals surface area (Å²) in [5.74, 6) is -2.49. The molecule has 0 spiro atoms. The monoisotopic (exact) mass is 284 g/mol. The molecule has 1 aromatic carbocycles. The number of nitrogens with zero attached hydrogens (tertiary/aromatic N) is 5. The first kappa shape index (κ1) is 13.9. The van der Waals surface area contributed by atoms with E-state index in [2.05, 4.69) is 15.5 Å². The van der Waals surface area contributed by atoms with Crippen LogP contribution in [-0.2, 0) is 6.54 Å². The van der Waals surface area contributed by atoms with Crippen molar-refractivity contribution in [2.75, 3.05) is 6.54 Å². The molecule has 0 fully saturated rings. The fourth-order valence-corrected chi connectivity index (χ4v) is 1.66. The molecule has 0 aliphatic rings. The molecule has 8 nitrogen and oxygen atoms in total. The molecule has 1 heterocycles. The summed E-state index contributed by atoms with van der Waals surface area (Å²) in [6.45, 7) is 0.597. The Kier molecular flexibility index (Phi) is 3.94. The zero-order valence-corrected chi connectivity index (χ0v) is 10.2. The van der Waals surface area contributed by atoms with Crippen LogP contribution in [-0.4, -0.2) is 31.7 Å². The van der Waals surface area contributed by atoms with Gasteiger partial charge < -0.3 is 5.73 Å². The van der Waals surface area contributed by atoms with Gasteiger partial charge in [0.2, 0.25) is 5.82 Å². The first-order valence-corrected chi connectivity index (χ1v) is 5.65. The Hall–Kier alpha value is -2.49. The topological polar surface area (TPSA) is 113 Å². The van der Waals surface area contributed by atoms with E-state index >= 15 is 0 Å². The van der Waals surface area contributed by atoms with Crippen molar-refractivity contribution in [3.8, 4) is 11.4 Å². The van der Waals surface area contributed by atoms with Crippen LogP contribution in [0.2, 0.25) is 0 Å². The second-order valence-electron chi connectivity index (χ2n) is 3.88. The number of aromatic nitrogens is 4. The lowest BCUT2D eigenvalue weighted by molar-refractivity contribution is -0.387. The molecule has 0 unspecified atom stereocenters. The maximum Gasteiger partial charge on any atom is 0.305 e. The lowest BCUT2D eigenvalue weighted by Gasteiger charge is -2.06. The Morgan fingerprint density at radius 1 is 1.40 bits per heavy atom. The SMILES string of the molecule is NCCCn1nnnc1-c1c(F)ccc([N+](=O)[O-])c1F. The van der Waals surface area contributed by atoms with E-state index in [0.717, 1.165) is 16.8 Å². The molecule has 106 valence electrons. The lowest BCUT2D eigenvalue weighted by Crippen LogP contribution is -2.10. The summed E-state index contributed by atoms with van der Waals surface area (Å²) in [7, 11) is 0. The molecule has 2 N–H and O–H groups in total. The normalized spacial score (nSPS) is 10.8. The third kappa shape index (κ3) is 2.45. The van der Waals surface area contributed by atoms with Gasteiger partial charge in [0, 0.05) is 12.6 Å². The number of hydrogen-bond acceptors (Lipinski definition) is 6. The number of aryl methyl sites for hydroxylation is 1. The molecule has 0 aliphatic heterocycles. The third-order valence-electron chi connectivity index (χ3n) is 2.60. The second kappa shape index (κ2) is 5.65. The van der Waals surface area contributed by atoms with Gasteiger partial charge in [-0.2, -0.15) is 4.39 Å². The Bertz CT molecular complexity index is 645. The van der Waals surface area contributed by atoms with Gasteiger partial charge in [-0.15, -0.1) is 5.10 Å². The summed E-state index contributed by atoms with van der Waals surface area (Å²) in [4.78, 5) is 9.74. The molecule has 10 heteroatoms. The summed E-state index contributed by atoms with van der Waals surface area (Å²) in [6.07, 6.45) is 0.496. The Labute approximate surface area is 111 Å². The number of rotatable bonds is 5. The number of nitro groups is 1. The fraction of sp³-hybridized carbons (Fsp3) is 0.300. The third-order valence-corrected chi connectivity index (χ3v) is 2.60. The highest BCUT2D eigenvalue weighted by atomic mass is 19.1. The van der Waals surface area contributed by atoms with Crippen LogP contribution >= 0.6 is 0 Å². The van der Waals surface area contributed by atoms with Gasteiger partial charge in [-0.1, -0.05) is 0 Å². The van der Waals surface area contributed by atoms with Crippen molar-refractivity contribution in [1.29, 1.82) is 0 Å². The predicted molar refractivity (Wildman–Crippen MR) is 63.5 cm³/mol. The minimum atomic E-state index is -1.31. The standard InChI is InChI=1S/C10H10F2N6O2/c11-6-2-3-7(18(19)20)9(12)8(6)10-14-15-16-17(10)5-1-4-13/h2-3H,1,4-5,13H2. The van der Waals surface area contributed by atoms with Gasteiger partial charge in [0.1, 0.15) is 5.82 Å². The smallest absolute Gasteiger partial charge is 0.305 e. The van der Waals surface area contributed by atoms with Gasteiger partial charge >= 0.3 is 5.69 Å². The summed E-state index contributed by atoms with van der Waals surface area (Å²) in [5.41, 5.74) is 3.88. The first-order valence-electron chi connectivity index (χ1n) is 5.65. The van der Waals surface area contributed by atoms with Crippen molar-refractivity contribution >= 4 is 5.69 Å². The number of hydrogen-bond donors (Lipinski definition) is 1. The van der Waals surface area contributed by atoms with Gasteiger partial charge in [0.25, 0.3) is 0 Å². The van der Waals surface area contributed by atoms with Crippen molar-refractivity contribution in [3.63, 3.8) is 0 Å². The molecule has 20 heavy (non-hydrogen) atoms. The molecule has 0 atom stereocenters. The molecule has 0 saturated heterocycles. The molecule has 0 aliphatic carbocycles. The second-order valence-corrected chi connectivity index (χ2v) is 3.88. The number of nitrogens with two attached hydrogens (primary N) is 1. The molecule has 2 rings (SSSR count). The van der Waals surface area contributed by atoms with Crippen LogP contribution in [0.25, 0.3) is 11.4 Å². The summed E-state index contributed by atoms with van der Waals surface area (Å²) in [6, 6.07) is 1.56. The highest BCUT2D eigenvalue weighted by Gasteiger charge is 2.26. The minimum absolute atomic E-state index is 0.211. The fourth-order valence-electron chi connectivity index (χ4n) is 1.66. The quantitative estimate of drug-likeness (QED) is 0.644. The number of nitro benzene ring substituents is 1. The average Bonchev–Trinajstić information content (AvgIpc) is 2.84. The molecule has 0 amide bonds. The molecule has 1 aromatic heterocycles. The zero-order valence-electron chi connectivity index (χ0n) is 10.2. The van der Waals surface area contributed by atoms with Gasteiger partial charge in [0.15, 0.2) is 5.82 Å². The van der Waals surface area contributed by atoms with Gasteiger partial charge in [-0.25, -0.2) is 9.07 Å². The average molecular weight is 284 g/mol. The predicted octanol–water partition coefficient (Wildman–Crippen LogP) is 0.875. The maximum absolute atomic E-state index is 14.0. The Morgan fingerprint density at radius 3 is 2.80 bits per heavy atom. The van der Waals surface area contributed by atoms with Crippen molar-refractivity contribution < 1.29 is 13.7 Å². The van der Waals surface area contributed by atoms with Crippen LogP contribution in [0.5, 0.6) is 0 Å². The van der Waals surface area contributed by atoms with Crippen molar-refractivity contribution in [3.05, 3.63) is 33.9 Å². The van der Waals surface area contributed by atoms with Crippen LogP contribution in [0.4, 0.5) is 14.5 Å². The molecular weight excluding hydrogens is 274 g/mol. The zero-order chi connectivity index (χ0) is 14.7. The van der Waals surface area contributed by atoms with Gasteiger partial charge in [0.05, 0.1) is 10.5 Å². The van der Waals surface area contributed by atoms with E-state index in [4.69, 9.17) is 5.73 Å². The Balaban J connectivity index is 2.55. The first-order chi connectivity index (χ1) is 9.56. The highest BCUT2D eigenvalue weighted by Crippen LogP contribution is 2.30. The summed E-state index contributed by atoms with van der Waals surface area (Å²) >= 11 is 0. The maximum atomic E-state index is 14.0. The molecular formula is C10H10F2N6O2. The van der Waals surface area contributed by atoms with Crippen LogP contribution in [0.3, 0.4) is 0 Å². The van der Waals surface area contributed by atoms with E-state index in [1.54, 1.807) is 0 Å². The van der Waals surface area contributed by atoms with E-state index in [9.17, 15) is 18.9 Å². The summed E-state index contributed by atoms with van der Waals surface area (Å²) < 4.78 is 28.9. The Morgan fingerprint density at radius 2 is 2.15 bits per heavy atom. The summed E-state index contributed by atoms with van der Waals surface area (Å²) in [5, 5.41) is 21.1. The van der Waals surface area contributed by atoms with E-state index in [1.807, 2.05) is 0 Å². The van der Waals surface area contributed by atoms with E-state index < -0.39 is 27.8 Å². The van der Waals surface area contributed by atoms with Crippen molar-refractivity contribution in [2.24, 2.45) is 5.73 Å². The molecule has 0 saturated carbocycles. The highest BCUT2D eigenvalue weighted by molar-refractivity contribution is 5.61. The number of tetrazole rings is 1. The largest absolute Gasteiger partial charge is 0.330 e. The van der Waals surface area contributed by atoms with Gasteiger partial charge in [-0.3, -0.25) is 10.1 Å². The van der Waals surface area contributed by atoms with Crippen LogP contribution in [0.15, 0.2) is 12.1 Å². The van der Waals surface area contributed by atoms with Crippen molar-refractivity contribution in [1.82, 2.24) is 20.2 Å². The lowest BCUT2D eigenvalue weighted by atomic mass is 10.1. The number of halogens is 2. The van der Waals surface area contributed by atoms with Crippen LogP contribution in [0.1, 0.15) is 6.42 Å². The van der Waals surface area contributed by atoms with E-state index in [0.29, 0.717) is 13.0 Å². The van der Waals surface area contributed by atoms with E-state index in [-0.39, 0.29) is 12.4 Å². The minimum Gasteiger partial charge on any atom is -0.330 e. The molecule has 0 bridgehead atoms. The van der Waals surface area contributed by atoms with Crippen molar-refractivity contribution in [2.45, 2.75) is 13.0 Å². The molecule has 2 aromatic rings. The van der Waals surface area contributed by atoms with Crippen LogP contribution in [0, 0.1) is 21.7 Å². The number of benzene rings is 1. The van der Waals surface area contributed by atoms with Gasteiger partial charge in [-0.05, 0) is 29.5 Å². The van der Waals surface area contributed by atoms with E-state index in [1.165, 1.54) is 0 Å². The molecule has 0 radical (unpaired) electrons. The van der Waals surface area contributed by atoms with Crippen LogP contribution < -0.4 is 5.73 Å².